The number of nitrogens with zero attached hydrogens (tertiary/aromatic N) is 1. The van der Waals surface area contributed by atoms with Gasteiger partial charge in [-0.3, -0.25) is 4.79 Å². The van der Waals surface area contributed by atoms with E-state index in [1.54, 1.807) is 13.8 Å². The molecule has 3 rings (SSSR count). The lowest BCUT2D eigenvalue weighted by molar-refractivity contribution is -0.115. The second-order valence-electron chi connectivity index (χ2n) is 5.86. The van der Waals surface area contributed by atoms with Gasteiger partial charge in [-0.25, -0.2) is 9.78 Å². The van der Waals surface area contributed by atoms with Crippen LogP contribution in [0.2, 0.25) is 0 Å². The first kappa shape index (κ1) is 20.1. The molecule has 1 atom stereocenters. The predicted molar refractivity (Wildman–Crippen MR) is 113 cm³/mol. The van der Waals surface area contributed by atoms with E-state index in [1.165, 1.54) is 11.8 Å². The molecule has 0 spiro atoms. The maximum atomic E-state index is 13.1. The van der Waals surface area contributed by atoms with Gasteiger partial charge in [0, 0.05) is 4.90 Å². The number of anilines is 1. The summed E-state index contributed by atoms with van der Waals surface area (Å²) in [7, 11) is 0. The molecule has 1 N–H and O–H groups in total. The van der Waals surface area contributed by atoms with Crippen LogP contribution in [0.15, 0.2) is 65.6 Å². The van der Waals surface area contributed by atoms with Gasteiger partial charge in [0.2, 0.25) is 5.91 Å². The van der Waals surface area contributed by atoms with Crippen molar-refractivity contribution >= 4 is 40.1 Å². The summed E-state index contributed by atoms with van der Waals surface area (Å²) in [5.74, 6) is -0.611. The quantitative estimate of drug-likeness (QED) is 0.432. The summed E-state index contributed by atoms with van der Waals surface area (Å²) in [6.07, 6.45) is 0. The zero-order chi connectivity index (χ0) is 19.9. The Labute approximate surface area is 172 Å². The number of aromatic nitrogens is 1. The third-order valence-corrected chi connectivity index (χ3v) is 6.14. The predicted octanol–water partition coefficient (Wildman–Crippen LogP) is 5.10. The summed E-state index contributed by atoms with van der Waals surface area (Å²) < 4.78 is 5.04. The highest BCUT2D eigenvalue weighted by Crippen LogP contribution is 2.36. The van der Waals surface area contributed by atoms with Gasteiger partial charge in [0.25, 0.3) is 0 Å². The van der Waals surface area contributed by atoms with Crippen LogP contribution in [0.25, 0.3) is 0 Å². The molecule has 0 unspecified atom stereocenters. The second kappa shape index (κ2) is 9.52. The number of aryl methyl sites for hydroxylation is 1. The maximum Gasteiger partial charge on any atom is 0.350 e. The molecular weight excluding hydrogens is 392 g/mol. The number of hydrogen-bond acceptors (Lipinski definition) is 6. The molecule has 2 aromatic carbocycles. The second-order valence-corrected chi connectivity index (χ2v) is 8.04. The third kappa shape index (κ3) is 4.99. The lowest BCUT2D eigenvalue weighted by Gasteiger charge is -2.16. The minimum Gasteiger partial charge on any atom is -0.462 e. The molecule has 3 aromatic rings. The lowest BCUT2D eigenvalue weighted by atomic mass is 10.1. The molecule has 0 fully saturated rings. The van der Waals surface area contributed by atoms with Crippen LogP contribution in [-0.4, -0.2) is 23.5 Å². The van der Waals surface area contributed by atoms with Gasteiger partial charge >= 0.3 is 5.97 Å². The first-order valence-electron chi connectivity index (χ1n) is 8.80. The average molecular weight is 413 g/mol. The van der Waals surface area contributed by atoms with Gasteiger partial charge in [-0.05, 0) is 31.5 Å². The summed E-state index contributed by atoms with van der Waals surface area (Å²) in [6, 6.07) is 19.4. The Hall–Kier alpha value is -2.64. The summed E-state index contributed by atoms with van der Waals surface area (Å²) in [6.45, 7) is 3.77. The Balaban J connectivity index is 1.82. The first-order valence-corrected chi connectivity index (χ1v) is 10.5. The van der Waals surface area contributed by atoms with Crippen molar-refractivity contribution in [1.82, 2.24) is 4.98 Å². The van der Waals surface area contributed by atoms with E-state index in [4.69, 9.17) is 4.74 Å². The molecule has 0 bridgehead atoms. The Morgan fingerprint density at radius 3 is 2.39 bits per heavy atom. The van der Waals surface area contributed by atoms with Crippen molar-refractivity contribution in [2.75, 3.05) is 11.9 Å². The number of thiazole rings is 1. The van der Waals surface area contributed by atoms with Crippen LogP contribution < -0.4 is 5.32 Å². The number of ether oxygens (including phenoxy) is 1. The average Bonchev–Trinajstić information content (AvgIpc) is 3.08. The molecule has 7 heteroatoms. The number of esters is 1. The molecule has 1 heterocycles. The molecule has 0 radical (unpaired) electrons. The molecule has 0 saturated carbocycles. The fourth-order valence-electron chi connectivity index (χ4n) is 2.54. The molecule has 28 heavy (non-hydrogen) atoms. The first-order chi connectivity index (χ1) is 13.6. The number of hydrogen-bond donors (Lipinski definition) is 1. The molecule has 0 aliphatic rings. The van der Waals surface area contributed by atoms with Gasteiger partial charge in [0.05, 0.1) is 12.3 Å². The minimum absolute atomic E-state index is 0.191. The van der Waals surface area contributed by atoms with Gasteiger partial charge in [-0.15, -0.1) is 11.8 Å². The highest BCUT2D eigenvalue weighted by Gasteiger charge is 2.24. The van der Waals surface area contributed by atoms with Gasteiger partial charge in [0.1, 0.15) is 10.1 Å². The van der Waals surface area contributed by atoms with Crippen molar-refractivity contribution in [3.8, 4) is 0 Å². The highest BCUT2D eigenvalue weighted by atomic mass is 32.2. The number of carbonyl (C=O) groups is 2. The molecule has 5 nitrogen and oxygen atoms in total. The van der Waals surface area contributed by atoms with Crippen molar-refractivity contribution in [3.05, 3.63) is 76.8 Å². The zero-order valence-corrected chi connectivity index (χ0v) is 17.2. The Morgan fingerprint density at radius 2 is 1.75 bits per heavy atom. The van der Waals surface area contributed by atoms with E-state index >= 15 is 0 Å². The summed E-state index contributed by atoms with van der Waals surface area (Å²) in [5.41, 5.74) is 1.44. The fraction of sp³-hybridized carbons (Fsp3) is 0.190. The SMILES string of the molecule is CCOC(=O)c1sc(NC(=O)[C@H](Sc2ccccc2)c2ccccc2)nc1C. The van der Waals surface area contributed by atoms with Crippen molar-refractivity contribution in [2.45, 2.75) is 24.0 Å². The number of carbonyl (C=O) groups excluding carboxylic acids is 2. The number of nitrogens with one attached hydrogen (secondary N) is 1. The van der Waals surface area contributed by atoms with Gasteiger partial charge in [0.15, 0.2) is 5.13 Å². The van der Waals surface area contributed by atoms with E-state index in [1.807, 2.05) is 60.7 Å². The van der Waals surface area contributed by atoms with E-state index in [2.05, 4.69) is 10.3 Å². The Kier molecular flexibility index (Phi) is 6.84. The maximum absolute atomic E-state index is 13.1. The van der Waals surface area contributed by atoms with E-state index in [-0.39, 0.29) is 5.91 Å². The zero-order valence-electron chi connectivity index (χ0n) is 15.5. The van der Waals surface area contributed by atoms with Gasteiger partial charge in [-0.1, -0.05) is 59.9 Å². The van der Waals surface area contributed by atoms with Crippen molar-refractivity contribution < 1.29 is 14.3 Å². The summed E-state index contributed by atoms with van der Waals surface area (Å²) in [4.78, 5) is 30.8. The van der Waals surface area contributed by atoms with E-state index in [0.717, 1.165) is 21.8 Å². The summed E-state index contributed by atoms with van der Waals surface area (Å²) in [5, 5.41) is 2.80. The topological polar surface area (TPSA) is 68.3 Å². The highest BCUT2D eigenvalue weighted by molar-refractivity contribution is 8.00. The molecular formula is C21H20N2O3S2. The normalized spacial score (nSPS) is 11.6. The van der Waals surface area contributed by atoms with Gasteiger partial charge < -0.3 is 10.1 Å². The largest absolute Gasteiger partial charge is 0.462 e. The van der Waals surface area contributed by atoms with Crippen molar-refractivity contribution in [2.24, 2.45) is 0 Å². The van der Waals surface area contributed by atoms with E-state index in [9.17, 15) is 9.59 Å². The number of rotatable bonds is 7. The van der Waals surface area contributed by atoms with Crippen molar-refractivity contribution in [3.63, 3.8) is 0 Å². The van der Waals surface area contributed by atoms with Crippen LogP contribution in [0.4, 0.5) is 5.13 Å². The van der Waals surface area contributed by atoms with E-state index in [0.29, 0.717) is 22.3 Å². The Bertz CT molecular complexity index is 943. The van der Waals surface area contributed by atoms with E-state index < -0.39 is 11.2 Å². The lowest BCUT2D eigenvalue weighted by Crippen LogP contribution is -2.18. The molecule has 0 aliphatic heterocycles. The molecule has 0 saturated heterocycles. The van der Waals surface area contributed by atoms with Crippen LogP contribution in [0.1, 0.15) is 33.1 Å². The van der Waals surface area contributed by atoms with Gasteiger partial charge in [-0.2, -0.15) is 0 Å². The van der Waals surface area contributed by atoms with Crippen LogP contribution in [0, 0.1) is 6.92 Å². The standard InChI is InChI=1S/C21H20N2O3S2/c1-3-26-20(25)17-14(2)22-21(28-17)23-19(24)18(15-10-6-4-7-11-15)27-16-12-8-5-9-13-16/h4-13,18H,3H2,1-2H3,(H,22,23,24)/t18-/m1/s1. The number of thioether (sulfide) groups is 1. The van der Waals surface area contributed by atoms with Crippen LogP contribution in [0.5, 0.6) is 0 Å². The van der Waals surface area contributed by atoms with Crippen LogP contribution in [-0.2, 0) is 9.53 Å². The van der Waals surface area contributed by atoms with Crippen molar-refractivity contribution in [1.29, 1.82) is 0 Å². The monoisotopic (exact) mass is 412 g/mol. The number of amides is 1. The summed E-state index contributed by atoms with van der Waals surface area (Å²) >= 11 is 2.60. The fourth-order valence-corrected chi connectivity index (χ4v) is 4.45. The van der Waals surface area contributed by atoms with Crippen LogP contribution in [0.3, 0.4) is 0 Å². The molecule has 1 aromatic heterocycles. The molecule has 0 aliphatic carbocycles. The number of benzene rings is 2. The Morgan fingerprint density at radius 1 is 1.11 bits per heavy atom. The molecule has 1 amide bonds. The molecule has 144 valence electrons. The minimum atomic E-state index is -0.446. The van der Waals surface area contributed by atoms with Crippen LogP contribution >= 0.6 is 23.1 Å². The smallest absolute Gasteiger partial charge is 0.350 e. The third-order valence-electron chi connectivity index (χ3n) is 3.83.